The summed E-state index contributed by atoms with van der Waals surface area (Å²) in [5, 5.41) is 16.4. The Kier molecular flexibility index (Phi) is 4.61. The Labute approximate surface area is 155 Å². The summed E-state index contributed by atoms with van der Waals surface area (Å²) in [6.45, 7) is 1.27. The number of fused-ring (bicyclic) bond motifs is 1. The van der Waals surface area contributed by atoms with Crippen molar-refractivity contribution in [3.05, 3.63) is 37.1 Å². The van der Waals surface area contributed by atoms with Gasteiger partial charge >= 0.3 is 0 Å². The molecule has 27 heavy (non-hydrogen) atoms. The van der Waals surface area contributed by atoms with Crippen molar-refractivity contribution in [1.29, 1.82) is 5.26 Å². The van der Waals surface area contributed by atoms with Gasteiger partial charge in [0.1, 0.15) is 12.2 Å². The van der Waals surface area contributed by atoms with Crippen LogP contribution in [0.4, 0.5) is 5.82 Å². The Morgan fingerprint density at radius 1 is 1.37 bits per heavy atom. The van der Waals surface area contributed by atoms with Gasteiger partial charge in [0.15, 0.2) is 5.82 Å². The highest BCUT2D eigenvalue weighted by atomic mass is 16.2. The summed E-state index contributed by atoms with van der Waals surface area (Å²) >= 11 is 0. The summed E-state index contributed by atoms with van der Waals surface area (Å²) in [7, 11) is 0. The normalized spacial score (nSPS) is 16.9. The molecule has 1 N–H and O–H groups in total. The number of rotatable bonds is 4. The van der Waals surface area contributed by atoms with Gasteiger partial charge in [0.25, 0.3) is 0 Å². The van der Waals surface area contributed by atoms with Crippen molar-refractivity contribution in [2.24, 2.45) is 0 Å². The molecule has 3 aromatic rings. The Hall–Kier alpha value is -3.54. The number of anilines is 1. The minimum absolute atomic E-state index is 0.0762. The molecule has 0 aromatic carbocycles. The van der Waals surface area contributed by atoms with Crippen molar-refractivity contribution in [1.82, 2.24) is 29.5 Å². The lowest BCUT2D eigenvalue weighted by Gasteiger charge is -2.33. The van der Waals surface area contributed by atoms with Crippen LogP contribution in [0.2, 0.25) is 0 Å². The summed E-state index contributed by atoms with van der Waals surface area (Å²) in [6.07, 6.45) is 10.4. The van der Waals surface area contributed by atoms with Crippen LogP contribution in [0.5, 0.6) is 0 Å². The van der Waals surface area contributed by atoms with Crippen molar-refractivity contribution in [3.63, 3.8) is 0 Å². The Balaban J connectivity index is 1.51. The minimum atomic E-state index is -0.119. The summed E-state index contributed by atoms with van der Waals surface area (Å²) in [5.41, 5.74) is 1.64. The maximum Gasteiger partial charge on any atom is 0.236 e. The number of nitrogens with one attached hydrogen (secondary N) is 1. The van der Waals surface area contributed by atoms with Crippen LogP contribution < -0.4 is 5.32 Å². The maximum atomic E-state index is 12.0. The quantitative estimate of drug-likeness (QED) is 0.748. The number of hydrogen-bond donors (Lipinski definition) is 1. The summed E-state index contributed by atoms with van der Waals surface area (Å²) in [5.74, 6) is 1.14. The first-order valence-electron chi connectivity index (χ1n) is 8.76. The third kappa shape index (κ3) is 3.55. The number of carbonyl (C=O) groups is 1. The van der Waals surface area contributed by atoms with Crippen LogP contribution in [0.1, 0.15) is 19.3 Å². The van der Waals surface area contributed by atoms with Gasteiger partial charge in [-0.3, -0.25) is 9.78 Å². The summed E-state index contributed by atoms with van der Waals surface area (Å²) < 4.78 is 1.73. The van der Waals surface area contributed by atoms with E-state index in [-0.39, 0.29) is 18.4 Å². The predicted molar refractivity (Wildman–Crippen MR) is 97.5 cm³/mol. The zero-order valence-corrected chi connectivity index (χ0v) is 14.6. The molecule has 0 unspecified atom stereocenters. The first-order valence-corrected chi connectivity index (χ1v) is 8.76. The fourth-order valence-corrected chi connectivity index (χ4v) is 3.29. The lowest BCUT2D eigenvalue weighted by Crippen LogP contribution is -2.45. The first kappa shape index (κ1) is 16.9. The van der Waals surface area contributed by atoms with Crippen molar-refractivity contribution in [3.8, 4) is 17.5 Å². The van der Waals surface area contributed by atoms with E-state index < -0.39 is 0 Å². The van der Waals surface area contributed by atoms with Crippen molar-refractivity contribution in [2.45, 2.75) is 25.3 Å². The zero-order valence-electron chi connectivity index (χ0n) is 14.6. The highest BCUT2D eigenvalue weighted by molar-refractivity contribution is 5.78. The van der Waals surface area contributed by atoms with E-state index in [1.807, 2.05) is 12.1 Å². The number of amides is 1. The van der Waals surface area contributed by atoms with Crippen LogP contribution in [0.15, 0.2) is 37.1 Å². The van der Waals surface area contributed by atoms with Gasteiger partial charge in [-0.05, 0) is 18.9 Å². The first-order chi connectivity index (χ1) is 13.2. The zero-order chi connectivity index (χ0) is 18.6. The number of aromatic nitrogens is 5. The molecule has 4 heterocycles. The molecule has 1 aliphatic rings. The van der Waals surface area contributed by atoms with Gasteiger partial charge in [0.2, 0.25) is 5.91 Å². The Morgan fingerprint density at radius 2 is 2.30 bits per heavy atom. The summed E-state index contributed by atoms with van der Waals surface area (Å²) in [4.78, 5) is 26.8. The maximum absolute atomic E-state index is 12.0. The molecule has 3 aromatic heterocycles. The standard InChI is InChI=1S/C18H18N8O/c19-5-3-17(27)25-8-1-2-13(12-25)23-16-4-6-21-18(24-16)14-10-22-26-9-7-20-11-15(14)26/h4,6-7,9-11,13H,1-3,8,12H2,(H,21,23,24)/t13-/m1/s1. The second-order valence-electron chi connectivity index (χ2n) is 6.39. The average molecular weight is 362 g/mol. The highest BCUT2D eigenvalue weighted by Crippen LogP contribution is 2.22. The molecule has 1 fully saturated rings. The molecular weight excluding hydrogens is 344 g/mol. The fourth-order valence-electron chi connectivity index (χ4n) is 3.29. The topological polar surface area (TPSA) is 112 Å². The van der Waals surface area contributed by atoms with E-state index >= 15 is 0 Å². The molecule has 4 rings (SSSR count). The molecule has 0 radical (unpaired) electrons. The second-order valence-corrected chi connectivity index (χ2v) is 6.39. The van der Waals surface area contributed by atoms with Crippen molar-refractivity contribution >= 4 is 17.2 Å². The number of likely N-dealkylation sites (tertiary alicyclic amines) is 1. The lowest BCUT2D eigenvalue weighted by atomic mass is 10.1. The van der Waals surface area contributed by atoms with Crippen LogP contribution in [-0.4, -0.2) is 54.5 Å². The van der Waals surface area contributed by atoms with Crippen LogP contribution in [0.3, 0.4) is 0 Å². The van der Waals surface area contributed by atoms with Gasteiger partial charge in [0.05, 0.1) is 29.5 Å². The molecule has 1 aliphatic heterocycles. The predicted octanol–water partition coefficient (Wildman–Crippen LogP) is 1.50. The SMILES string of the molecule is N#CCC(=O)N1CCC[C@@H](Nc2ccnc(-c3cnn4ccncc34)n2)C1. The molecule has 9 nitrogen and oxygen atoms in total. The average Bonchev–Trinajstić information content (AvgIpc) is 3.13. The van der Waals surface area contributed by atoms with Crippen LogP contribution >= 0.6 is 0 Å². The number of hydrogen-bond acceptors (Lipinski definition) is 7. The van der Waals surface area contributed by atoms with E-state index in [1.165, 1.54) is 0 Å². The van der Waals surface area contributed by atoms with Crippen LogP contribution in [0.25, 0.3) is 16.9 Å². The molecule has 0 bridgehead atoms. The Morgan fingerprint density at radius 3 is 3.19 bits per heavy atom. The number of carbonyl (C=O) groups excluding carboxylic acids is 1. The van der Waals surface area contributed by atoms with Gasteiger partial charge < -0.3 is 10.2 Å². The minimum Gasteiger partial charge on any atom is -0.365 e. The lowest BCUT2D eigenvalue weighted by molar-refractivity contribution is -0.131. The van der Waals surface area contributed by atoms with Gasteiger partial charge in [-0.1, -0.05) is 0 Å². The summed E-state index contributed by atoms with van der Waals surface area (Å²) in [6, 6.07) is 3.82. The van der Waals surface area contributed by atoms with E-state index in [1.54, 1.807) is 40.4 Å². The van der Waals surface area contributed by atoms with E-state index in [2.05, 4.69) is 25.4 Å². The molecule has 1 amide bonds. The highest BCUT2D eigenvalue weighted by Gasteiger charge is 2.23. The molecule has 0 saturated carbocycles. The molecule has 1 atom stereocenters. The van der Waals surface area contributed by atoms with Gasteiger partial charge in [-0.15, -0.1) is 0 Å². The Bertz CT molecular complexity index is 1010. The van der Waals surface area contributed by atoms with Gasteiger partial charge in [0, 0.05) is 37.7 Å². The van der Waals surface area contributed by atoms with Crippen molar-refractivity contribution < 1.29 is 4.79 Å². The third-order valence-corrected chi connectivity index (χ3v) is 4.58. The molecule has 0 spiro atoms. The molecule has 1 saturated heterocycles. The van der Waals surface area contributed by atoms with E-state index in [4.69, 9.17) is 5.26 Å². The van der Waals surface area contributed by atoms with Crippen LogP contribution in [-0.2, 0) is 4.79 Å². The number of nitriles is 1. The second kappa shape index (κ2) is 7.37. The van der Waals surface area contributed by atoms with E-state index in [0.717, 1.165) is 23.9 Å². The van der Waals surface area contributed by atoms with Crippen LogP contribution in [0, 0.1) is 11.3 Å². The van der Waals surface area contributed by atoms with Gasteiger partial charge in [-0.2, -0.15) is 10.4 Å². The molecule has 136 valence electrons. The number of piperidine rings is 1. The fraction of sp³-hybridized carbons (Fsp3) is 0.333. The monoisotopic (exact) mass is 362 g/mol. The molecule has 9 heteroatoms. The third-order valence-electron chi connectivity index (χ3n) is 4.58. The van der Waals surface area contributed by atoms with E-state index in [9.17, 15) is 4.79 Å². The molecular formula is C18H18N8O. The van der Waals surface area contributed by atoms with E-state index in [0.29, 0.717) is 24.7 Å². The van der Waals surface area contributed by atoms with Gasteiger partial charge in [-0.25, -0.2) is 14.5 Å². The molecule has 0 aliphatic carbocycles. The largest absolute Gasteiger partial charge is 0.365 e. The number of nitrogens with zero attached hydrogens (tertiary/aromatic N) is 7. The van der Waals surface area contributed by atoms with Crippen molar-refractivity contribution in [2.75, 3.05) is 18.4 Å². The smallest absolute Gasteiger partial charge is 0.236 e.